The van der Waals surface area contributed by atoms with Crippen LogP contribution < -0.4 is 4.74 Å². The van der Waals surface area contributed by atoms with Crippen LogP contribution in [0, 0.1) is 5.41 Å². The van der Waals surface area contributed by atoms with Gasteiger partial charge < -0.3 is 9.64 Å². The summed E-state index contributed by atoms with van der Waals surface area (Å²) in [5.74, 6) is 0.944. The fourth-order valence-electron chi connectivity index (χ4n) is 3.67. The highest BCUT2D eigenvalue weighted by Crippen LogP contribution is 2.42. The molecule has 0 bridgehead atoms. The smallest absolute Gasteiger partial charge is 0.230 e. The molecule has 2 aliphatic rings. The van der Waals surface area contributed by atoms with Crippen molar-refractivity contribution in [2.75, 3.05) is 32.5 Å². The third-order valence-electron chi connectivity index (χ3n) is 5.19. The van der Waals surface area contributed by atoms with Crippen LogP contribution in [0.2, 0.25) is 0 Å². The summed E-state index contributed by atoms with van der Waals surface area (Å²) in [5.41, 5.74) is 0.497. The van der Waals surface area contributed by atoms with Crippen molar-refractivity contribution in [3.05, 3.63) is 29.8 Å². The van der Waals surface area contributed by atoms with Crippen LogP contribution in [0.3, 0.4) is 0 Å². The monoisotopic (exact) mass is 352 g/mol. The quantitative estimate of drug-likeness (QED) is 0.805. The summed E-state index contributed by atoms with van der Waals surface area (Å²) in [5, 5.41) is 0. The highest BCUT2D eigenvalue weighted by molar-refractivity contribution is 7.89. The van der Waals surface area contributed by atoms with Crippen LogP contribution in [-0.2, 0) is 21.4 Å². The molecule has 2 heterocycles. The van der Waals surface area contributed by atoms with Gasteiger partial charge in [-0.1, -0.05) is 12.1 Å². The zero-order chi connectivity index (χ0) is 17.4. The lowest BCUT2D eigenvalue weighted by Crippen LogP contribution is -2.38. The van der Waals surface area contributed by atoms with E-state index in [1.54, 1.807) is 14.0 Å². The molecule has 2 saturated heterocycles. The van der Waals surface area contributed by atoms with Gasteiger partial charge in [0.2, 0.25) is 15.9 Å². The number of ether oxygens (including phenoxy) is 1. The number of likely N-dealkylation sites (tertiary alicyclic amines) is 1. The van der Waals surface area contributed by atoms with Crippen LogP contribution in [0.1, 0.15) is 25.3 Å². The molecule has 1 spiro atoms. The van der Waals surface area contributed by atoms with Crippen molar-refractivity contribution in [1.29, 1.82) is 0 Å². The fourth-order valence-corrected chi connectivity index (χ4v) is 4.85. The number of amides is 1. The minimum absolute atomic E-state index is 0.0825. The minimum Gasteiger partial charge on any atom is -0.497 e. The number of methoxy groups -OCH3 is 1. The Labute approximate surface area is 143 Å². The standard InChI is InChI=1S/C17H24N2O4S/c1-3-24(21,22)19-10-8-17(13-19)7-9-18(16(17)20)12-14-5-4-6-15(11-14)23-2/h4-6,11H,3,7-10,12-13H2,1-2H3. The first-order valence-corrected chi connectivity index (χ1v) is 9.91. The highest BCUT2D eigenvalue weighted by Gasteiger charge is 2.52. The van der Waals surface area contributed by atoms with E-state index < -0.39 is 15.4 Å². The molecular formula is C17H24N2O4S. The molecule has 0 aliphatic carbocycles. The van der Waals surface area contributed by atoms with E-state index in [1.165, 1.54) is 4.31 Å². The van der Waals surface area contributed by atoms with Crippen molar-refractivity contribution in [3.8, 4) is 5.75 Å². The van der Waals surface area contributed by atoms with E-state index >= 15 is 0 Å². The topological polar surface area (TPSA) is 66.9 Å². The molecule has 2 fully saturated rings. The number of nitrogens with zero attached hydrogens (tertiary/aromatic N) is 2. The van der Waals surface area contributed by atoms with Crippen LogP contribution in [0.15, 0.2) is 24.3 Å². The van der Waals surface area contributed by atoms with E-state index in [9.17, 15) is 13.2 Å². The second-order valence-electron chi connectivity index (χ2n) is 6.59. The Morgan fingerprint density at radius 3 is 2.71 bits per heavy atom. The number of rotatable bonds is 5. The van der Waals surface area contributed by atoms with Crippen molar-refractivity contribution in [2.45, 2.75) is 26.3 Å². The Balaban J connectivity index is 1.71. The molecule has 132 valence electrons. The largest absolute Gasteiger partial charge is 0.497 e. The van der Waals surface area contributed by atoms with Gasteiger partial charge in [0.15, 0.2) is 0 Å². The lowest BCUT2D eigenvalue weighted by atomic mass is 9.86. The lowest BCUT2D eigenvalue weighted by Gasteiger charge is -2.23. The summed E-state index contributed by atoms with van der Waals surface area (Å²) in [4.78, 5) is 14.8. The van der Waals surface area contributed by atoms with Gasteiger partial charge in [0.25, 0.3) is 0 Å². The third-order valence-corrected chi connectivity index (χ3v) is 7.01. The fraction of sp³-hybridized carbons (Fsp3) is 0.588. The summed E-state index contributed by atoms with van der Waals surface area (Å²) in [6.45, 7) is 3.64. The molecule has 7 heteroatoms. The average molecular weight is 352 g/mol. The zero-order valence-electron chi connectivity index (χ0n) is 14.2. The van der Waals surface area contributed by atoms with E-state index in [-0.39, 0.29) is 11.7 Å². The van der Waals surface area contributed by atoms with E-state index in [2.05, 4.69) is 0 Å². The van der Waals surface area contributed by atoms with Gasteiger partial charge in [-0.25, -0.2) is 12.7 Å². The van der Waals surface area contributed by atoms with Crippen molar-refractivity contribution >= 4 is 15.9 Å². The summed E-state index contributed by atoms with van der Waals surface area (Å²) in [6, 6.07) is 7.70. The van der Waals surface area contributed by atoms with Crippen molar-refractivity contribution in [1.82, 2.24) is 9.21 Å². The third kappa shape index (κ3) is 3.02. The molecule has 1 amide bonds. The van der Waals surface area contributed by atoms with E-state index in [4.69, 9.17) is 4.74 Å². The SMILES string of the molecule is CCS(=O)(=O)N1CCC2(CCN(Cc3cccc(OC)c3)C2=O)C1. The van der Waals surface area contributed by atoms with Gasteiger partial charge in [-0.05, 0) is 37.5 Å². The first-order chi connectivity index (χ1) is 11.4. The maximum atomic E-state index is 12.9. The van der Waals surface area contributed by atoms with Gasteiger partial charge in [-0.2, -0.15) is 0 Å². The molecule has 2 aliphatic heterocycles. The number of benzene rings is 1. The minimum atomic E-state index is -3.22. The first kappa shape index (κ1) is 17.2. The van der Waals surface area contributed by atoms with E-state index in [1.807, 2.05) is 29.2 Å². The Hall–Kier alpha value is -1.60. The Morgan fingerprint density at radius 1 is 1.25 bits per heavy atom. The predicted octanol–water partition coefficient (Wildman–Crippen LogP) is 1.47. The summed E-state index contributed by atoms with van der Waals surface area (Å²) in [7, 11) is -1.60. The van der Waals surface area contributed by atoms with Crippen LogP contribution >= 0.6 is 0 Å². The maximum Gasteiger partial charge on any atom is 0.230 e. The Morgan fingerprint density at radius 2 is 2.00 bits per heavy atom. The molecule has 1 atom stereocenters. The first-order valence-electron chi connectivity index (χ1n) is 8.30. The number of hydrogen-bond acceptors (Lipinski definition) is 4. The zero-order valence-corrected chi connectivity index (χ0v) is 15.0. The van der Waals surface area contributed by atoms with Gasteiger partial charge >= 0.3 is 0 Å². The molecule has 0 N–H and O–H groups in total. The summed E-state index contributed by atoms with van der Waals surface area (Å²) >= 11 is 0. The second kappa shape index (κ2) is 6.37. The van der Waals surface area contributed by atoms with Gasteiger partial charge in [0.1, 0.15) is 5.75 Å². The number of sulfonamides is 1. The number of hydrogen-bond donors (Lipinski definition) is 0. The normalized spacial score (nSPS) is 24.9. The molecule has 0 saturated carbocycles. The molecule has 24 heavy (non-hydrogen) atoms. The molecule has 0 aromatic heterocycles. The lowest BCUT2D eigenvalue weighted by molar-refractivity contribution is -0.135. The second-order valence-corrected chi connectivity index (χ2v) is 8.85. The Kier molecular flexibility index (Phi) is 4.57. The van der Waals surface area contributed by atoms with E-state index in [0.717, 1.165) is 17.7 Å². The highest BCUT2D eigenvalue weighted by atomic mass is 32.2. The summed E-state index contributed by atoms with van der Waals surface area (Å²) < 4.78 is 30.9. The van der Waals surface area contributed by atoms with Gasteiger partial charge in [0, 0.05) is 26.2 Å². The van der Waals surface area contributed by atoms with Crippen LogP contribution in [0.25, 0.3) is 0 Å². The van der Waals surface area contributed by atoms with Crippen molar-refractivity contribution in [2.24, 2.45) is 5.41 Å². The molecule has 1 unspecified atom stereocenters. The summed E-state index contributed by atoms with van der Waals surface area (Å²) in [6.07, 6.45) is 1.35. The number of carbonyl (C=O) groups excluding carboxylic acids is 1. The molecular weight excluding hydrogens is 328 g/mol. The van der Waals surface area contributed by atoms with Crippen LogP contribution in [0.5, 0.6) is 5.75 Å². The molecule has 0 radical (unpaired) electrons. The molecule has 1 aromatic carbocycles. The van der Waals surface area contributed by atoms with Gasteiger partial charge in [-0.15, -0.1) is 0 Å². The predicted molar refractivity (Wildman–Crippen MR) is 91.1 cm³/mol. The Bertz CT molecular complexity index is 734. The average Bonchev–Trinajstić information content (AvgIpc) is 3.16. The molecule has 1 aromatic rings. The molecule has 3 rings (SSSR count). The van der Waals surface area contributed by atoms with Gasteiger partial charge in [0.05, 0.1) is 18.3 Å². The van der Waals surface area contributed by atoms with Gasteiger partial charge in [-0.3, -0.25) is 4.79 Å². The van der Waals surface area contributed by atoms with Crippen LogP contribution in [0.4, 0.5) is 0 Å². The van der Waals surface area contributed by atoms with E-state index in [0.29, 0.717) is 32.6 Å². The van der Waals surface area contributed by atoms with Crippen molar-refractivity contribution < 1.29 is 17.9 Å². The molecule has 6 nitrogen and oxygen atoms in total. The van der Waals surface area contributed by atoms with Crippen LogP contribution in [-0.4, -0.2) is 56.0 Å². The maximum absolute atomic E-state index is 12.9. The number of carbonyl (C=O) groups is 1. The van der Waals surface area contributed by atoms with Crippen molar-refractivity contribution in [3.63, 3.8) is 0 Å².